The first-order valence-electron chi connectivity index (χ1n) is 9.76. The summed E-state index contributed by atoms with van der Waals surface area (Å²) < 4.78 is 10.2. The molecule has 0 aliphatic carbocycles. The van der Waals surface area contributed by atoms with Crippen molar-refractivity contribution in [2.45, 2.75) is 18.4 Å². The first-order chi connectivity index (χ1) is 13.6. The highest BCUT2D eigenvalue weighted by molar-refractivity contribution is 5.74. The van der Waals surface area contributed by atoms with Gasteiger partial charge in [0.1, 0.15) is 6.61 Å². The Balaban J connectivity index is 1.13. The lowest BCUT2D eigenvalue weighted by Gasteiger charge is -2.36. The van der Waals surface area contributed by atoms with Gasteiger partial charge >= 0.3 is 12.2 Å². The van der Waals surface area contributed by atoms with Gasteiger partial charge in [-0.05, 0) is 6.07 Å². The van der Waals surface area contributed by atoms with Crippen molar-refractivity contribution in [3.8, 4) is 0 Å². The average molecular weight is 390 g/mol. The third-order valence-electron chi connectivity index (χ3n) is 5.63. The van der Waals surface area contributed by atoms with Gasteiger partial charge in [-0.25, -0.2) is 19.6 Å². The van der Waals surface area contributed by atoms with Crippen molar-refractivity contribution in [3.63, 3.8) is 0 Å². The summed E-state index contributed by atoms with van der Waals surface area (Å²) in [4.78, 5) is 38.4. The minimum absolute atomic E-state index is 0.0589. The fourth-order valence-corrected chi connectivity index (χ4v) is 3.85. The molecule has 10 heteroatoms. The Morgan fingerprint density at radius 2 is 1.82 bits per heavy atom. The number of anilines is 1. The summed E-state index contributed by atoms with van der Waals surface area (Å²) in [5.74, 6) is 0.775. The van der Waals surface area contributed by atoms with Crippen molar-refractivity contribution >= 4 is 18.1 Å². The second-order valence-electron chi connectivity index (χ2n) is 7.42. The summed E-state index contributed by atoms with van der Waals surface area (Å²) in [7, 11) is 0. The zero-order chi connectivity index (χ0) is 19.4. The Morgan fingerprint density at radius 1 is 1.11 bits per heavy atom. The highest BCUT2D eigenvalue weighted by Gasteiger charge is 2.45. The standard InChI is InChI=1S/C18H26N6O4/c25-16(24-7-2-18(3-8-24)14-27-17(26)28-18)21-6-9-22-10-12-23(13-11-22)15-19-4-1-5-20-15/h1,4-5H,2-3,6-14H2,(H,21,25). The third kappa shape index (κ3) is 4.27. The lowest BCUT2D eigenvalue weighted by molar-refractivity contribution is 0.00934. The molecule has 0 saturated carbocycles. The van der Waals surface area contributed by atoms with Crippen LogP contribution in [0.3, 0.4) is 0 Å². The van der Waals surface area contributed by atoms with Gasteiger partial charge < -0.3 is 24.6 Å². The predicted octanol–water partition coefficient (Wildman–Crippen LogP) is 0.310. The van der Waals surface area contributed by atoms with E-state index in [1.165, 1.54) is 0 Å². The average Bonchev–Trinajstić information content (AvgIpc) is 3.09. The quantitative estimate of drug-likeness (QED) is 0.734. The normalized spacial score (nSPS) is 22.1. The van der Waals surface area contributed by atoms with Crippen LogP contribution in [0, 0.1) is 0 Å². The van der Waals surface area contributed by atoms with Gasteiger partial charge in [0.05, 0.1) is 0 Å². The topological polar surface area (TPSA) is 100 Å². The second kappa shape index (κ2) is 8.17. The predicted molar refractivity (Wildman–Crippen MR) is 100 cm³/mol. The number of piperidine rings is 1. The number of carbonyl (C=O) groups excluding carboxylic acids is 2. The maximum absolute atomic E-state index is 12.4. The fraction of sp³-hybridized carbons (Fsp3) is 0.667. The van der Waals surface area contributed by atoms with E-state index < -0.39 is 11.8 Å². The monoisotopic (exact) mass is 390 g/mol. The summed E-state index contributed by atoms with van der Waals surface area (Å²) in [6, 6.07) is 1.76. The minimum Gasteiger partial charge on any atom is -0.430 e. The molecule has 3 aliphatic heterocycles. The van der Waals surface area contributed by atoms with Gasteiger partial charge in [0.15, 0.2) is 5.60 Å². The van der Waals surface area contributed by atoms with Gasteiger partial charge in [-0.1, -0.05) is 0 Å². The van der Waals surface area contributed by atoms with E-state index in [1.54, 1.807) is 17.3 Å². The molecule has 152 valence electrons. The van der Waals surface area contributed by atoms with Crippen molar-refractivity contribution in [1.29, 1.82) is 0 Å². The van der Waals surface area contributed by atoms with E-state index >= 15 is 0 Å². The van der Waals surface area contributed by atoms with Crippen LogP contribution >= 0.6 is 0 Å². The van der Waals surface area contributed by atoms with Crippen LogP contribution in [-0.2, 0) is 9.47 Å². The summed E-state index contributed by atoms with van der Waals surface area (Å²) >= 11 is 0. The number of urea groups is 1. The van der Waals surface area contributed by atoms with Crippen LogP contribution in [0.25, 0.3) is 0 Å². The Hall–Kier alpha value is -2.62. The van der Waals surface area contributed by atoms with Crippen molar-refractivity contribution < 1.29 is 19.1 Å². The van der Waals surface area contributed by atoms with Crippen LogP contribution < -0.4 is 10.2 Å². The van der Waals surface area contributed by atoms with Crippen molar-refractivity contribution in [2.24, 2.45) is 0 Å². The number of hydrogen-bond acceptors (Lipinski definition) is 8. The highest BCUT2D eigenvalue weighted by Crippen LogP contribution is 2.31. The molecule has 0 aromatic carbocycles. The first-order valence-corrected chi connectivity index (χ1v) is 9.76. The Labute approximate surface area is 163 Å². The molecule has 2 amide bonds. The number of piperazine rings is 1. The number of nitrogens with zero attached hydrogens (tertiary/aromatic N) is 5. The molecule has 3 fully saturated rings. The Bertz CT molecular complexity index is 687. The van der Waals surface area contributed by atoms with Crippen LogP contribution in [0.15, 0.2) is 18.5 Å². The molecular formula is C18H26N6O4. The first kappa shape index (κ1) is 18.7. The van der Waals surface area contributed by atoms with E-state index in [9.17, 15) is 9.59 Å². The van der Waals surface area contributed by atoms with Crippen molar-refractivity contribution in [1.82, 2.24) is 25.1 Å². The summed E-state index contributed by atoms with van der Waals surface area (Å²) in [5.41, 5.74) is -0.532. The molecule has 28 heavy (non-hydrogen) atoms. The van der Waals surface area contributed by atoms with Crippen molar-refractivity contribution in [3.05, 3.63) is 18.5 Å². The Morgan fingerprint density at radius 3 is 2.46 bits per heavy atom. The van der Waals surface area contributed by atoms with Crippen LogP contribution in [0.5, 0.6) is 0 Å². The van der Waals surface area contributed by atoms with E-state index in [1.807, 2.05) is 6.07 Å². The van der Waals surface area contributed by atoms with Gasteiger partial charge in [0.2, 0.25) is 5.95 Å². The van der Waals surface area contributed by atoms with Gasteiger partial charge in [-0.3, -0.25) is 4.90 Å². The zero-order valence-electron chi connectivity index (χ0n) is 15.9. The number of carbonyl (C=O) groups is 2. The molecule has 1 spiro atoms. The van der Waals surface area contributed by atoms with Gasteiger partial charge in [0, 0.05) is 77.6 Å². The molecule has 1 aromatic rings. The van der Waals surface area contributed by atoms with Crippen LogP contribution in [-0.4, -0.2) is 96.5 Å². The number of rotatable bonds is 4. The number of hydrogen-bond donors (Lipinski definition) is 1. The molecule has 1 aromatic heterocycles. The van der Waals surface area contributed by atoms with Gasteiger partial charge in [0.25, 0.3) is 0 Å². The molecule has 4 heterocycles. The van der Waals surface area contributed by atoms with E-state index in [0.29, 0.717) is 39.1 Å². The van der Waals surface area contributed by atoms with E-state index in [4.69, 9.17) is 9.47 Å². The lowest BCUT2D eigenvalue weighted by atomic mass is 9.92. The molecule has 4 rings (SSSR count). The molecule has 0 radical (unpaired) electrons. The number of aromatic nitrogens is 2. The molecule has 1 N–H and O–H groups in total. The van der Waals surface area contributed by atoms with Crippen LogP contribution in [0.2, 0.25) is 0 Å². The number of nitrogens with one attached hydrogen (secondary N) is 1. The highest BCUT2D eigenvalue weighted by atomic mass is 16.8. The number of cyclic esters (lactones) is 1. The summed E-state index contributed by atoms with van der Waals surface area (Å²) in [5, 5.41) is 3.00. The minimum atomic E-state index is -0.600. The summed E-state index contributed by atoms with van der Waals surface area (Å²) in [6.45, 7) is 6.47. The number of amides is 2. The molecule has 0 bridgehead atoms. The maximum atomic E-state index is 12.4. The van der Waals surface area contributed by atoms with Gasteiger partial charge in [-0.15, -0.1) is 0 Å². The van der Waals surface area contributed by atoms with Crippen LogP contribution in [0.1, 0.15) is 12.8 Å². The number of ether oxygens (including phenoxy) is 2. The van der Waals surface area contributed by atoms with Crippen LogP contribution in [0.4, 0.5) is 15.5 Å². The SMILES string of the molecule is O=C1OCC2(CCN(C(=O)NCCN3CCN(c4ncccn4)CC3)CC2)O1. The molecule has 0 unspecified atom stereocenters. The zero-order valence-corrected chi connectivity index (χ0v) is 15.9. The smallest absolute Gasteiger partial charge is 0.430 e. The van der Waals surface area contributed by atoms with Crippen molar-refractivity contribution in [2.75, 3.05) is 63.9 Å². The summed E-state index contributed by atoms with van der Waals surface area (Å²) in [6.07, 6.45) is 4.16. The van der Waals surface area contributed by atoms with Gasteiger partial charge in [-0.2, -0.15) is 0 Å². The maximum Gasteiger partial charge on any atom is 0.509 e. The molecule has 10 nitrogen and oxygen atoms in total. The van der Waals surface area contributed by atoms with E-state index in [2.05, 4.69) is 25.1 Å². The van der Waals surface area contributed by atoms with E-state index in [0.717, 1.165) is 38.7 Å². The fourth-order valence-electron chi connectivity index (χ4n) is 3.85. The molecular weight excluding hydrogens is 364 g/mol. The molecule has 0 atom stereocenters. The lowest BCUT2D eigenvalue weighted by Crippen LogP contribution is -2.52. The third-order valence-corrected chi connectivity index (χ3v) is 5.63. The Kier molecular flexibility index (Phi) is 5.47. The second-order valence-corrected chi connectivity index (χ2v) is 7.42. The molecule has 3 aliphatic rings. The largest absolute Gasteiger partial charge is 0.509 e. The molecule has 3 saturated heterocycles. The van der Waals surface area contributed by atoms with E-state index in [-0.39, 0.29) is 6.03 Å². The number of likely N-dealkylation sites (tertiary alicyclic amines) is 1.